The Balaban J connectivity index is 0.00000576. The molecule has 0 fully saturated rings. The third-order valence-corrected chi connectivity index (χ3v) is 3.15. The van der Waals surface area contributed by atoms with Crippen molar-refractivity contribution in [2.75, 3.05) is 40.4 Å². The van der Waals surface area contributed by atoms with Crippen LogP contribution in [0.5, 0.6) is 5.75 Å². The number of ether oxygens (including phenoxy) is 2. The van der Waals surface area contributed by atoms with E-state index in [1.165, 1.54) is 0 Å². The molecular formula is C17H29IN4O3. The van der Waals surface area contributed by atoms with Gasteiger partial charge in [-0.15, -0.1) is 24.0 Å². The van der Waals surface area contributed by atoms with Gasteiger partial charge in [0.15, 0.2) is 5.96 Å². The van der Waals surface area contributed by atoms with Crippen LogP contribution in [0.15, 0.2) is 29.3 Å². The molecule has 3 N–H and O–H groups in total. The average Bonchev–Trinajstić information content (AvgIpc) is 2.55. The number of amides is 1. The maximum atomic E-state index is 11.6. The molecule has 1 atom stereocenters. The summed E-state index contributed by atoms with van der Waals surface area (Å²) in [7, 11) is 3.25. The van der Waals surface area contributed by atoms with Gasteiger partial charge in [0.05, 0.1) is 19.7 Å². The quantitative estimate of drug-likeness (QED) is 0.222. The van der Waals surface area contributed by atoms with Gasteiger partial charge in [-0.25, -0.2) is 0 Å². The molecule has 7 nitrogen and oxygen atoms in total. The number of methoxy groups -OCH3 is 1. The highest BCUT2D eigenvalue weighted by Gasteiger charge is 2.07. The van der Waals surface area contributed by atoms with Gasteiger partial charge in [0.25, 0.3) is 0 Å². The number of rotatable bonds is 9. The first kappa shape index (κ1) is 23.4. The zero-order valence-corrected chi connectivity index (χ0v) is 17.6. The summed E-state index contributed by atoms with van der Waals surface area (Å²) in [5.41, 5.74) is 1.16. The van der Waals surface area contributed by atoms with E-state index in [9.17, 15) is 4.79 Å². The summed E-state index contributed by atoms with van der Waals surface area (Å²) in [5.74, 6) is 1.28. The zero-order chi connectivity index (χ0) is 17.8. The minimum absolute atomic E-state index is 0. The lowest BCUT2D eigenvalue weighted by Gasteiger charge is -2.18. The van der Waals surface area contributed by atoms with E-state index in [0.717, 1.165) is 11.3 Å². The van der Waals surface area contributed by atoms with Crippen LogP contribution in [-0.2, 0) is 9.53 Å². The van der Waals surface area contributed by atoms with Crippen LogP contribution in [0.25, 0.3) is 0 Å². The molecule has 142 valence electrons. The Morgan fingerprint density at radius 2 is 2.04 bits per heavy atom. The minimum Gasteiger partial charge on any atom is -0.489 e. The molecule has 0 aliphatic carbocycles. The van der Waals surface area contributed by atoms with Gasteiger partial charge < -0.3 is 25.4 Å². The number of hydrogen-bond acceptors (Lipinski definition) is 4. The predicted molar refractivity (Wildman–Crippen MR) is 111 cm³/mol. The summed E-state index contributed by atoms with van der Waals surface area (Å²) in [6.45, 7) is 5.70. The van der Waals surface area contributed by atoms with E-state index in [1.54, 1.807) is 14.2 Å². The summed E-state index contributed by atoms with van der Waals surface area (Å²) in [4.78, 5) is 15.7. The highest BCUT2D eigenvalue weighted by molar-refractivity contribution is 14.0. The van der Waals surface area contributed by atoms with Gasteiger partial charge in [0, 0.05) is 20.7 Å². The maximum Gasteiger partial charge on any atom is 0.239 e. The lowest BCUT2D eigenvalue weighted by Crippen LogP contribution is -2.45. The van der Waals surface area contributed by atoms with Crippen molar-refractivity contribution in [3.8, 4) is 5.75 Å². The molecule has 0 spiro atoms. The molecule has 0 radical (unpaired) electrons. The number of carbonyl (C=O) groups excluding carboxylic acids is 1. The minimum atomic E-state index is -0.112. The Morgan fingerprint density at radius 1 is 1.28 bits per heavy atom. The Hall–Kier alpha value is -1.55. The van der Waals surface area contributed by atoms with E-state index in [-0.39, 0.29) is 42.5 Å². The fourth-order valence-electron chi connectivity index (χ4n) is 1.94. The first-order chi connectivity index (χ1) is 11.5. The van der Waals surface area contributed by atoms with Crippen LogP contribution in [-0.4, -0.2) is 58.4 Å². The number of nitrogens with one attached hydrogen (secondary N) is 3. The second kappa shape index (κ2) is 13.7. The van der Waals surface area contributed by atoms with Crippen molar-refractivity contribution in [2.24, 2.45) is 4.99 Å². The summed E-state index contributed by atoms with van der Waals surface area (Å²) >= 11 is 0. The predicted octanol–water partition coefficient (Wildman–Crippen LogP) is 1.31. The van der Waals surface area contributed by atoms with Crippen LogP contribution < -0.4 is 20.7 Å². The van der Waals surface area contributed by atoms with Crippen LogP contribution in [0, 0.1) is 6.92 Å². The van der Waals surface area contributed by atoms with Gasteiger partial charge in [0.2, 0.25) is 5.91 Å². The number of hydrogen-bond donors (Lipinski definition) is 3. The summed E-state index contributed by atoms with van der Waals surface area (Å²) in [6.07, 6.45) is -0.0409. The fraction of sp³-hybridized carbons (Fsp3) is 0.529. The molecule has 0 bridgehead atoms. The average molecular weight is 464 g/mol. The Kier molecular flexibility index (Phi) is 12.9. The van der Waals surface area contributed by atoms with E-state index in [2.05, 4.69) is 20.9 Å². The third-order valence-electron chi connectivity index (χ3n) is 3.15. The molecular weight excluding hydrogens is 435 g/mol. The van der Waals surface area contributed by atoms with Crippen molar-refractivity contribution in [3.63, 3.8) is 0 Å². The number of nitrogens with zero attached hydrogens (tertiary/aromatic N) is 1. The van der Waals surface area contributed by atoms with E-state index in [4.69, 9.17) is 9.47 Å². The molecule has 1 rings (SSSR count). The van der Waals surface area contributed by atoms with E-state index < -0.39 is 0 Å². The molecule has 0 heterocycles. The van der Waals surface area contributed by atoms with Gasteiger partial charge >= 0.3 is 0 Å². The first-order valence-corrected chi connectivity index (χ1v) is 7.98. The standard InChI is InChI=1S/C17H28N4O3.HI/c1-13-6-5-7-15(10-13)24-14(2)11-20-17(18-3)21-12-16(22)19-8-9-23-4;/h5-7,10,14H,8-9,11-12H2,1-4H3,(H,19,22)(H2,18,20,21);1H. The lowest BCUT2D eigenvalue weighted by atomic mass is 10.2. The highest BCUT2D eigenvalue weighted by Crippen LogP contribution is 2.13. The molecule has 25 heavy (non-hydrogen) atoms. The van der Waals surface area contributed by atoms with Crippen LogP contribution in [0.3, 0.4) is 0 Å². The number of guanidine groups is 1. The summed E-state index contributed by atoms with van der Waals surface area (Å²) < 4.78 is 10.7. The Morgan fingerprint density at radius 3 is 2.68 bits per heavy atom. The molecule has 0 aliphatic rings. The van der Waals surface area contributed by atoms with Crippen molar-refractivity contribution in [1.82, 2.24) is 16.0 Å². The molecule has 1 aromatic rings. The molecule has 0 aromatic heterocycles. The zero-order valence-electron chi connectivity index (χ0n) is 15.3. The smallest absolute Gasteiger partial charge is 0.239 e. The first-order valence-electron chi connectivity index (χ1n) is 7.98. The molecule has 1 amide bonds. The van der Waals surface area contributed by atoms with Gasteiger partial charge in [-0.2, -0.15) is 0 Å². The topological polar surface area (TPSA) is 84.0 Å². The van der Waals surface area contributed by atoms with Gasteiger partial charge in [0.1, 0.15) is 11.9 Å². The van der Waals surface area contributed by atoms with E-state index in [0.29, 0.717) is 25.7 Å². The Labute approximate surface area is 167 Å². The van der Waals surface area contributed by atoms with Crippen molar-refractivity contribution in [2.45, 2.75) is 20.0 Å². The largest absolute Gasteiger partial charge is 0.489 e. The van der Waals surface area contributed by atoms with Crippen molar-refractivity contribution < 1.29 is 14.3 Å². The molecule has 0 saturated heterocycles. The van der Waals surface area contributed by atoms with Crippen molar-refractivity contribution in [3.05, 3.63) is 29.8 Å². The van der Waals surface area contributed by atoms with Crippen LogP contribution in [0.4, 0.5) is 0 Å². The number of benzene rings is 1. The third kappa shape index (κ3) is 10.8. The Bertz CT molecular complexity index is 540. The van der Waals surface area contributed by atoms with E-state index >= 15 is 0 Å². The molecule has 8 heteroatoms. The fourth-order valence-corrected chi connectivity index (χ4v) is 1.94. The second-order valence-corrected chi connectivity index (χ2v) is 5.39. The number of carbonyl (C=O) groups is 1. The van der Waals surface area contributed by atoms with Crippen molar-refractivity contribution >= 4 is 35.8 Å². The molecule has 1 unspecified atom stereocenters. The lowest BCUT2D eigenvalue weighted by molar-refractivity contribution is -0.120. The van der Waals surface area contributed by atoms with Crippen molar-refractivity contribution in [1.29, 1.82) is 0 Å². The monoisotopic (exact) mass is 464 g/mol. The van der Waals surface area contributed by atoms with Gasteiger partial charge in [-0.1, -0.05) is 12.1 Å². The summed E-state index contributed by atoms with van der Waals surface area (Å²) in [5, 5.41) is 8.82. The number of aliphatic imine (C=N–C) groups is 1. The van der Waals surface area contributed by atoms with E-state index in [1.807, 2.05) is 38.1 Å². The summed E-state index contributed by atoms with van der Waals surface area (Å²) in [6, 6.07) is 7.92. The maximum absolute atomic E-state index is 11.6. The van der Waals surface area contributed by atoms with Gasteiger partial charge in [-0.05, 0) is 31.5 Å². The van der Waals surface area contributed by atoms with Crippen LogP contribution >= 0.6 is 24.0 Å². The number of halogens is 1. The van der Waals surface area contributed by atoms with Crippen LogP contribution in [0.2, 0.25) is 0 Å². The van der Waals surface area contributed by atoms with Crippen LogP contribution in [0.1, 0.15) is 12.5 Å². The number of aryl methyl sites for hydroxylation is 1. The molecule has 0 aliphatic heterocycles. The molecule has 0 saturated carbocycles. The highest BCUT2D eigenvalue weighted by atomic mass is 127. The second-order valence-electron chi connectivity index (χ2n) is 5.39. The molecule has 1 aromatic carbocycles. The van der Waals surface area contributed by atoms with Gasteiger partial charge in [-0.3, -0.25) is 9.79 Å². The normalized spacial score (nSPS) is 11.9. The SMILES string of the molecule is CN=C(NCC(=O)NCCOC)NCC(C)Oc1cccc(C)c1.I.